The van der Waals surface area contributed by atoms with Crippen molar-refractivity contribution in [2.75, 3.05) is 37.5 Å². The standard InChI is InChI=1S/C67H116N18O23S2/c1-14-34(10)52(85-63(104)46(29-109)83-54(95)36(12)74-59(100)41(23-31(4)5)80-56(97)38(16-15-20-71-67(69)70)76-60(101)42(24-32(6)7)79-53(94)35(11)73-55(96)37(68)22-30(2)3)64(105)72-27-47(87)75-43(25-49(90)91)61(102)77-39(17-18-48(88)89)57(98)78-40(19-21-110-13)58(99)81-44(26-50(92)93)62(103)84-51(33(8)9)65(106)82-45(28-86)66(107)108/h30-46,51-52,86,109H,14-29,68H2,1-13H3,(H,72,105)(H,73,96)(H,74,100)(H,75,87)(H,76,101)(H,77,102)(H,78,98)(H,79,94)(H,80,97)(H,81,99)(H,82,106)(H,83,95)(H,84,103)(H,85,104)(H,88,89)(H,90,91)(H,92,93)(H,107,108)(H4,69,70,71)/t34-,35-,36-,37-,38-,39-,40-,41-,42-,43-,44-,45-,46-,51-,52-/m0/s1. The maximum atomic E-state index is 14.2. The molecule has 0 bridgehead atoms. The van der Waals surface area contributed by atoms with Crippen molar-refractivity contribution >= 4 is 137 Å². The zero-order chi connectivity index (χ0) is 84.6. The number of nitrogens with zero attached hydrogens (tertiary/aromatic N) is 1. The van der Waals surface area contributed by atoms with E-state index in [4.69, 9.17) is 17.2 Å². The van der Waals surface area contributed by atoms with Crippen LogP contribution in [-0.4, -0.2) is 260 Å². The number of hydrogen-bond acceptors (Lipinski definition) is 23. The predicted molar refractivity (Wildman–Crippen MR) is 403 cm³/mol. The molecule has 0 aliphatic carbocycles. The molecule has 0 aromatic rings. The molecule has 110 heavy (non-hydrogen) atoms. The van der Waals surface area contributed by atoms with Gasteiger partial charge in [0.2, 0.25) is 82.7 Å². The molecule has 41 nitrogen and oxygen atoms in total. The number of guanidine groups is 1. The lowest BCUT2D eigenvalue weighted by Gasteiger charge is -2.28. The van der Waals surface area contributed by atoms with Gasteiger partial charge >= 0.3 is 23.9 Å². The van der Waals surface area contributed by atoms with Gasteiger partial charge < -0.3 is 117 Å². The molecule has 0 radical (unpaired) electrons. The van der Waals surface area contributed by atoms with Gasteiger partial charge in [-0.2, -0.15) is 24.4 Å². The van der Waals surface area contributed by atoms with Crippen LogP contribution in [0.25, 0.3) is 0 Å². The molecule has 0 unspecified atom stereocenters. The molecule has 0 aromatic carbocycles. The van der Waals surface area contributed by atoms with E-state index in [1.54, 1.807) is 47.8 Å². The molecule has 0 fully saturated rings. The topological polar surface area (TPSA) is 667 Å². The van der Waals surface area contributed by atoms with Gasteiger partial charge in [-0.05, 0) is 100 Å². The third-order valence-corrected chi connectivity index (χ3v) is 17.5. The van der Waals surface area contributed by atoms with E-state index in [2.05, 4.69) is 86.7 Å². The average Bonchev–Trinajstić information content (AvgIpc) is 0.865. The van der Waals surface area contributed by atoms with Crippen LogP contribution in [0.4, 0.5) is 0 Å². The van der Waals surface area contributed by atoms with E-state index >= 15 is 0 Å². The van der Waals surface area contributed by atoms with Crippen LogP contribution in [0.1, 0.15) is 154 Å². The van der Waals surface area contributed by atoms with Gasteiger partial charge in [0.05, 0.1) is 32.0 Å². The smallest absolute Gasteiger partial charge is 0.328 e. The summed E-state index contributed by atoms with van der Waals surface area (Å²) in [6.07, 6.45) is -1.79. The summed E-state index contributed by atoms with van der Waals surface area (Å²) in [6, 6.07) is -21.3. The number of hydrogen-bond donors (Lipinski definition) is 23. The van der Waals surface area contributed by atoms with Crippen LogP contribution in [0.15, 0.2) is 4.99 Å². The lowest BCUT2D eigenvalue weighted by molar-refractivity contribution is -0.144. The number of carbonyl (C=O) groups excluding carboxylic acids is 14. The number of amides is 14. The van der Waals surface area contributed by atoms with E-state index in [-0.39, 0.29) is 74.5 Å². The molecule has 624 valence electrons. The molecule has 25 N–H and O–H groups in total. The van der Waals surface area contributed by atoms with Crippen LogP contribution < -0.4 is 91.6 Å². The Bertz CT molecular complexity index is 3200. The van der Waals surface area contributed by atoms with Gasteiger partial charge in [0.25, 0.3) is 0 Å². The number of nitrogens with two attached hydrogens (primary N) is 3. The number of thiol groups is 1. The highest BCUT2D eigenvalue weighted by Crippen LogP contribution is 2.15. The fourth-order valence-electron chi connectivity index (χ4n) is 10.2. The van der Waals surface area contributed by atoms with Crippen molar-refractivity contribution in [2.24, 2.45) is 51.8 Å². The number of aliphatic imine (C=N–C) groups is 1. The number of nitrogens with one attached hydrogen (secondary N) is 14. The van der Waals surface area contributed by atoms with Crippen molar-refractivity contribution in [1.82, 2.24) is 74.4 Å². The highest BCUT2D eigenvalue weighted by molar-refractivity contribution is 7.98. The largest absolute Gasteiger partial charge is 0.481 e. The zero-order valence-electron chi connectivity index (χ0n) is 64.4. The monoisotopic (exact) mass is 1600 g/mol. The SMILES string of the molecule is CC[C@H](C)[C@H](NC(=O)[C@H](CS)NC(=O)[C@H](C)NC(=O)[C@H](CC(C)C)NC(=O)[C@H](CCCN=C(N)N)NC(=O)[C@H](CC(C)C)NC(=O)[C@H](C)NC(=O)[C@@H](N)CC(C)C)C(=O)NCC(=O)N[C@@H](CC(=O)O)C(=O)N[C@@H](CCC(=O)O)C(=O)N[C@@H](CCSC)C(=O)N[C@@H](CC(=O)O)C(=O)N[C@H](C(=O)N[C@@H](CO)C(=O)O)C(C)C. The number of aliphatic carboxylic acids is 4. The second-order valence-electron chi connectivity index (χ2n) is 27.9. The number of thioether (sulfide) groups is 1. The maximum Gasteiger partial charge on any atom is 0.328 e. The van der Waals surface area contributed by atoms with E-state index in [1.807, 2.05) is 19.2 Å². The molecule has 0 aliphatic heterocycles. The average molecular weight is 1610 g/mol. The first kappa shape index (κ1) is 100. The van der Waals surface area contributed by atoms with Gasteiger partial charge in [-0.25, -0.2) is 4.79 Å². The minimum atomic E-state index is -2.06. The molecule has 14 amide bonds. The Hall–Kier alpha value is -9.65. The number of carboxylic acids is 4. The third kappa shape index (κ3) is 39.6. The van der Waals surface area contributed by atoms with Gasteiger partial charge in [0.1, 0.15) is 78.5 Å². The van der Waals surface area contributed by atoms with Crippen molar-refractivity contribution in [1.29, 1.82) is 0 Å². The molecular formula is C67H116N18O23S2. The summed E-state index contributed by atoms with van der Waals surface area (Å²) < 4.78 is 0. The molecule has 0 aromatic heterocycles. The fraction of sp³-hybridized carbons (Fsp3) is 0.716. The highest BCUT2D eigenvalue weighted by Gasteiger charge is 2.39. The summed E-state index contributed by atoms with van der Waals surface area (Å²) in [5.74, 6) is -22.9. The molecule has 0 heterocycles. The lowest BCUT2D eigenvalue weighted by Crippen LogP contribution is -2.61. The molecule has 0 rings (SSSR count). The van der Waals surface area contributed by atoms with Crippen molar-refractivity contribution in [2.45, 2.75) is 238 Å². The molecule has 15 atom stereocenters. The molecule has 43 heteroatoms. The van der Waals surface area contributed by atoms with Crippen molar-refractivity contribution in [3.63, 3.8) is 0 Å². The number of carbonyl (C=O) groups is 18. The van der Waals surface area contributed by atoms with Gasteiger partial charge in [-0.3, -0.25) is 86.5 Å². The van der Waals surface area contributed by atoms with E-state index in [0.29, 0.717) is 6.42 Å². The maximum absolute atomic E-state index is 14.2. The predicted octanol–water partition coefficient (Wildman–Crippen LogP) is -5.76. The minimum Gasteiger partial charge on any atom is -0.481 e. The Balaban J connectivity index is 6.60. The number of carboxylic acid groups (broad SMARTS) is 4. The van der Waals surface area contributed by atoms with E-state index in [1.165, 1.54) is 27.7 Å². The van der Waals surface area contributed by atoms with E-state index in [9.17, 15) is 112 Å². The zero-order valence-corrected chi connectivity index (χ0v) is 66.1. The van der Waals surface area contributed by atoms with Crippen LogP contribution in [-0.2, 0) is 86.3 Å². The summed E-state index contributed by atoms with van der Waals surface area (Å²) in [4.78, 5) is 243. The van der Waals surface area contributed by atoms with Gasteiger partial charge in [-0.15, -0.1) is 0 Å². The molecular weight excluding hydrogens is 1490 g/mol. The number of aliphatic hydroxyl groups is 1. The van der Waals surface area contributed by atoms with Crippen molar-refractivity contribution in [3.8, 4) is 0 Å². The van der Waals surface area contributed by atoms with Crippen molar-refractivity contribution < 1.29 is 112 Å². The van der Waals surface area contributed by atoms with Crippen LogP contribution in [0, 0.1) is 29.6 Å². The van der Waals surface area contributed by atoms with Crippen LogP contribution >= 0.6 is 24.4 Å². The van der Waals surface area contributed by atoms with Crippen molar-refractivity contribution in [3.05, 3.63) is 0 Å². The quantitative estimate of drug-likeness (QED) is 0.0117. The summed E-state index contributed by atoms with van der Waals surface area (Å²) in [5, 5.41) is 81.0. The van der Waals surface area contributed by atoms with Crippen LogP contribution in [0.2, 0.25) is 0 Å². The number of aliphatic hydroxyl groups excluding tert-OH is 1. The van der Waals surface area contributed by atoms with Crippen LogP contribution in [0.3, 0.4) is 0 Å². The fourth-order valence-corrected chi connectivity index (χ4v) is 11.0. The van der Waals surface area contributed by atoms with E-state index < -0.39 is 248 Å². The molecule has 0 spiro atoms. The Morgan fingerprint density at radius 2 is 0.818 bits per heavy atom. The Morgan fingerprint density at radius 3 is 1.25 bits per heavy atom. The normalized spacial score (nSPS) is 15.3. The van der Waals surface area contributed by atoms with Gasteiger partial charge in [-0.1, -0.05) is 75.7 Å². The van der Waals surface area contributed by atoms with Gasteiger partial charge in [0.15, 0.2) is 5.96 Å². The summed E-state index contributed by atoms with van der Waals surface area (Å²) >= 11 is 5.38. The first-order valence-corrected chi connectivity index (χ1v) is 37.9. The third-order valence-electron chi connectivity index (χ3n) is 16.5. The summed E-state index contributed by atoms with van der Waals surface area (Å²) in [5.41, 5.74) is 17.0. The van der Waals surface area contributed by atoms with Crippen LogP contribution in [0.5, 0.6) is 0 Å². The summed E-state index contributed by atoms with van der Waals surface area (Å²) in [6.45, 7) is 17.6. The Morgan fingerprint density at radius 1 is 0.427 bits per heavy atom. The minimum absolute atomic E-state index is 0.00210. The first-order valence-electron chi connectivity index (χ1n) is 35.9. The Labute approximate surface area is 648 Å². The second-order valence-corrected chi connectivity index (χ2v) is 29.3. The van der Waals surface area contributed by atoms with Gasteiger partial charge in [0, 0.05) is 18.7 Å². The second kappa shape index (κ2) is 51.7. The first-order chi connectivity index (χ1) is 51.2. The molecule has 0 aliphatic rings. The number of rotatable bonds is 54. The summed E-state index contributed by atoms with van der Waals surface area (Å²) in [7, 11) is 0. The molecule has 0 saturated carbocycles. The lowest BCUT2D eigenvalue weighted by atomic mass is 9.98. The Kier molecular flexibility index (Phi) is 47.2. The van der Waals surface area contributed by atoms with E-state index in [0.717, 1.165) is 11.8 Å². The highest BCUT2D eigenvalue weighted by atomic mass is 32.2. The molecule has 0 saturated heterocycles.